The van der Waals surface area contributed by atoms with Gasteiger partial charge in [-0.3, -0.25) is 9.89 Å². The van der Waals surface area contributed by atoms with E-state index in [1.165, 1.54) is 10.6 Å². The van der Waals surface area contributed by atoms with Gasteiger partial charge in [0.15, 0.2) is 5.65 Å². The van der Waals surface area contributed by atoms with Crippen LogP contribution in [0.2, 0.25) is 0 Å². The molecular formula is C15H17BrF3N7O3. The minimum absolute atomic E-state index is 0.158. The van der Waals surface area contributed by atoms with E-state index in [1.807, 2.05) is 13.2 Å². The summed E-state index contributed by atoms with van der Waals surface area (Å²) >= 11 is 3.36. The number of likely N-dealkylation sites (N-methyl/N-ethyl adjacent to an activating group) is 1. The standard InChI is InChI=1S/C13H16BrN7O.C2HF3O2/c1-8(15-2)3-10-7-20(19-18-10)6-9-4-12(22)21-13(17-9)11(14)5-16-21;3-2(4,5)1(6)7/h4-5,7-8,15-16H,3,6H2,1-2H3;(H,6,7). The molecule has 0 aromatic carbocycles. The molecule has 1 unspecified atom stereocenters. The van der Waals surface area contributed by atoms with Crippen molar-refractivity contribution in [3.63, 3.8) is 0 Å². The Kier molecular flexibility index (Phi) is 7.13. The van der Waals surface area contributed by atoms with Gasteiger partial charge in [-0.1, -0.05) is 5.21 Å². The molecule has 3 aromatic heterocycles. The quantitative estimate of drug-likeness (QED) is 0.501. The highest BCUT2D eigenvalue weighted by atomic mass is 79.9. The van der Waals surface area contributed by atoms with Crippen LogP contribution >= 0.6 is 15.9 Å². The molecule has 0 aliphatic carbocycles. The van der Waals surface area contributed by atoms with Gasteiger partial charge in [0, 0.05) is 30.9 Å². The Bertz CT molecular complexity index is 1040. The first kappa shape index (κ1) is 22.5. The van der Waals surface area contributed by atoms with Crippen LogP contribution in [-0.2, 0) is 17.8 Å². The summed E-state index contributed by atoms with van der Waals surface area (Å²) in [6, 6.07) is 1.83. The summed E-state index contributed by atoms with van der Waals surface area (Å²) in [4.78, 5) is 25.4. The summed E-state index contributed by atoms with van der Waals surface area (Å²) in [7, 11) is 1.91. The maximum atomic E-state index is 12.0. The van der Waals surface area contributed by atoms with Gasteiger partial charge in [-0.2, -0.15) is 13.2 Å². The molecule has 0 saturated heterocycles. The van der Waals surface area contributed by atoms with Crippen molar-refractivity contribution in [2.24, 2.45) is 0 Å². The van der Waals surface area contributed by atoms with E-state index in [2.05, 4.69) is 48.6 Å². The maximum Gasteiger partial charge on any atom is 0.490 e. The van der Waals surface area contributed by atoms with Crippen molar-refractivity contribution in [2.75, 3.05) is 7.05 Å². The van der Waals surface area contributed by atoms with Crippen molar-refractivity contribution in [1.82, 2.24) is 34.9 Å². The average Bonchev–Trinajstić information content (AvgIpc) is 3.22. The summed E-state index contributed by atoms with van der Waals surface area (Å²) in [6.07, 6.45) is -0.724. The van der Waals surface area contributed by atoms with Crippen LogP contribution in [0.25, 0.3) is 5.65 Å². The summed E-state index contributed by atoms with van der Waals surface area (Å²) < 4.78 is 35.6. The molecule has 1 atom stereocenters. The largest absolute Gasteiger partial charge is 0.490 e. The number of hydrogen-bond donors (Lipinski definition) is 3. The van der Waals surface area contributed by atoms with Gasteiger partial charge >= 0.3 is 12.1 Å². The average molecular weight is 480 g/mol. The van der Waals surface area contributed by atoms with Crippen LogP contribution in [0, 0.1) is 0 Å². The molecule has 0 fully saturated rings. The number of H-pyrrole nitrogens is 1. The number of nitrogens with one attached hydrogen (secondary N) is 2. The Morgan fingerprint density at radius 2 is 2.07 bits per heavy atom. The molecule has 3 heterocycles. The molecule has 158 valence electrons. The Balaban J connectivity index is 0.000000370. The molecule has 0 bridgehead atoms. The topological polar surface area (TPSA) is 130 Å². The number of halogens is 4. The Morgan fingerprint density at radius 3 is 2.66 bits per heavy atom. The highest BCUT2D eigenvalue weighted by molar-refractivity contribution is 9.10. The smallest absolute Gasteiger partial charge is 0.475 e. The summed E-state index contributed by atoms with van der Waals surface area (Å²) in [5.41, 5.74) is 1.95. The number of nitrogens with zero attached hydrogens (tertiary/aromatic N) is 5. The third kappa shape index (κ3) is 6.12. The molecule has 0 aliphatic heterocycles. The van der Waals surface area contributed by atoms with E-state index in [-0.39, 0.29) is 5.56 Å². The van der Waals surface area contributed by atoms with Crippen LogP contribution in [0.4, 0.5) is 13.2 Å². The van der Waals surface area contributed by atoms with Crippen LogP contribution in [0.15, 0.2) is 27.7 Å². The van der Waals surface area contributed by atoms with Gasteiger partial charge in [-0.25, -0.2) is 19.0 Å². The van der Waals surface area contributed by atoms with Crippen molar-refractivity contribution >= 4 is 27.5 Å². The van der Waals surface area contributed by atoms with Crippen LogP contribution in [0.1, 0.15) is 18.3 Å². The lowest BCUT2D eigenvalue weighted by Crippen LogP contribution is -2.23. The fourth-order valence-corrected chi connectivity index (χ4v) is 2.54. The lowest BCUT2D eigenvalue weighted by atomic mass is 10.2. The lowest BCUT2D eigenvalue weighted by molar-refractivity contribution is -0.192. The highest BCUT2D eigenvalue weighted by Gasteiger charge is 2.38. The van der Waals surface area contributed by atoms with E-state index in [1.54, 1.807) is 10.9 Å². The number of aliphatic carboxylic acids is 1. The van der Waals surface area contributed by atoms with E-state index >= 15 is 0 Å². The number of carboxylic acids is 1. The summed E-state index contributed by atoms with van der Waals surface area (Å²) in [5, 5.41) is 21.3. The van der Waals surface area contributed by atoms with Gasteiger partial charge in [0.05, 0.1) is 22.4 Å². The second-order valence-electron chi connectivity index (χ2n) is 5.97. The van der Waals surface area contributed by atoms with E-state index in [9.17, 15) is 18.0 Å². The number of hydrogen-bond acceptors (Lipinski definition) is 6. The van der Waals surface area contributed by atoms with Crippen molar-refractivity contribution in [1.29, 1.82) is 0 Å². The molecule has 10 nitrogen and oxygen atoms in total. The maximum absolute atomic E-state index is 12.0. The van der Waals surface area contributed by atoms with Gasteiger partial charge < -0.3 is 10.4 Å². The third-order valence-electron chi connectivity index (χ3n) is 3.67. The van der Waals surface area contributed by atoms with E-state index in [0.29, 0.717) is 23.9 Å². The summed E-state index contributed by atoms with van der Waals surface area (Å²) in [6.45, 7) is 2.49. The summed E-state index contributed by atoms with van der Waals surface area (Å²) in [5.74, 6) is -2.76. The number of fused-ring (bicyclic) bond motifs is 1. The molecular weight excluding hydrogens is 463 g/mol. The van der Waals surface area contributed by atoms with Crippen molar-refractivity contribution in [3.8, 4) is 0 Å². The Hall–Kier alpha value is -2.74. The van der Waals surface area contributed by atoms with E-state index < -0.39 is 12.1 Å². The van der Waals surface area contributed by atoms with Gasteiger partial charge in [0.1, 0.15) is 0 Å². The molecule has 0 aliphatic rings. The lowest BCUT2D eigenvalue weighted by Gasteiger charge is -2.05. The molecule has 3 rings (SSSR count). The first-order valence-electron chi connectivity index (χ1n) is 8.13. The van der Waals surface area contributed by atoms with Crippen molar-refractivity contribution in [3.05, 3.63) is 44.7 Å². The Morgan fingerprint density at radius 1 is 1.41 bits per heavy atom. The number of carboxylic acid groups (broad SMARTS) is 1. The third-order valence-corrected chi connectivity index (χ3v) is 4.25. The highest BCUT2D eigenvalue weighted by Crippen LogP contribution is 2.14. The first-order chi connectivity index (χ1) is 13.5. The number of aromatic amines is 1. The van der Waals surface area contributed by atoms with Crippen LogP contribution in [0.5, 0.6) is 0 Å². The zero-order valence-corrected chi connectivity index (χ0v) is 16.8. The van der Waals surface area contributed by atoms with Gasteiger partial charge in [-0.15, -0.1) is 5.10 Å². The number of alkyl halides is 3. The molecule has 0 saturated carbocycles. The molecule has 29 heavy (non-hydrogen) atoms. The predicted molar refractivity (Wildman–Crippen MR) is 98.6 cm³/mol. The van der Waals surface area contributed by atoms with E-state index in [0.717, 1.165) is 16.6 Å². The van der Waals surface area contributed by atoms with Gasteiger partial charge in [0.25, 0.3) is 5.56 Å². The van der Waals surface area contributed by atoms with Gasteiger partial charge in [-0.05, 0) is 29.9 Å². The molecule has 14 heteroatoms. The van der Waals surface area contributed by atoms with Crippen LogP contribution in [0.3, 0.4) is 0 Å². The van der Waals surface area contributed by atoms with Crippen LogP contribution in [-0.4, -0.2) is 59.9 Å². The minimum Gasteiger partial charge on any atom is -0.475 e. The zero-order valence-electron chi connectivity index (χ0n) is 15.2. The van der Waals surface area contributed by atoms with Gasteiger partial charge in [0.2, 0.25) is 0 Å². The molecule has 0 spiro atoms. The fraction of sp³-hybridized carbons (Fsp3) is 0.400. The SMILES string of the molecule is CNC(C)Cc1cn(Cc2cc(=O)n3[nH]cc(Br)c3n2)nn1.O=C(O)C(F)(F)F. The number of carbonyl (C=O) groups is 1. The zero-order chi connectivity index (χ0) is 21.8. The van der Waals surface area contributed by atoms with Crippen LogP contribution < -0.4 is 10.9 Å². The second-order valence-corrected chi connectivity index (χ2v) is 6.82. The predicted octanol–water partition coefficient (Wildman–Crippen LogP) is 1.21. The normalized spacial score (nSPS) is 12.5. The monoisotopic (exact) mass is 479 g/mol. The minimum atomic E-state index is -5.08. The number of rotatable bonds is 5. The molecule has 3 aromatic rings. The fourth-order valence-electron chi connectivity index (χ4n) is 2.17. The molecule has 0 radical (unpaired) electrons. The molecule has 3 N–H and O–H groups in total. The van der Waals surface area contributed by atoms with E-state index in [4.69, 9.17) is 9.90 Å². The molecule has 0 amide bonds. The second kappa shape index (κ2) is 9.17. The van der Waals surface area contributed by atoms with Crippen molar-refractivity contribution < 1.29 is 23.1 Å². The first-order valence-corrected chi connectivity index (χ1v) is 8.92. The van der Waals surface area contributed by atoms with Crippen molar-refractivity contribution in [2.45, 2.75) is 32.1 Å². The number of aromatic nitrogens is 6. The Labute approximate surface area is 169 Å².